The van der Waals surface area contributed by atoms with Gasteiger partial charge in [-0.1, -0.05) is 0 Å². The first-order valence-corrected chi connectivity index (χ1v) is 6.27. The molecule has 0 atom stereocenters. The number of amides is 1. The summed E-state index contributed by atoms with van der Waals surface area (Å²) in [6.45, 7) is 3.05. The summed E-state index contributed by atoms with van der Waals surface area (Å²) in [6, 6.07) is 3.27. The molecule has 0 aliphatic carbocycles. The highest BCUT2D eigenvalue weighted by Crippen LogP contribution is 2.18. The zero-order valence-corrected chi connectivity index (χ0v) is 10.8. The zero-order valence-electron chi connectivity index (χ0n) is 10.8. The van der Waals surface area contributed by atoms with E-state index in [9.17, 15) is 9.59 Å². The fourth-order valence-electron chi connectivity index (χ4n) is 2.26. The van der Waals surface area contributed by atoms with Gasteiger partial charge < -0.3 is 15.3 Å². The monoisotopic (exact) mass is 263 g/mol. The van der Waals surface area contributed by atoms with Gasteiger partial charge in [0.25, 0.3) is 0 Å². The summed E-state index contributed by atoms with van der Waals surface area (Å²) in [5.41, 5.74) is 0.244. The van der Waals surface area contributed by atoms with Crippen LogP contribution in [0.25, 0.3) is 0 Å². The van der Waals surface area contributed by atoms with Crippen molar-refractivity contribution in [3.8, 4) is 0 Å². The molecule has 6 nitrogen and oxygen atoms in total. The van der Waals surface area contributed by atoms with Crippen molar-refractivity contribution in [1.82, 2.24) is 10.3 Å². The molecule has 6 heteroatoms. The summed E-state index contributed by atoms with van der Waals surface area (Å²) >= 11 is 0. The predicted molar refractivity (Wildman–Crippen MR) is 70.2 cm³/mol. The number of pyridine rings is 1. The number of aromatic nitrogens is 1. The van der Waals surface area contributed by atoms with Crippen LogP contribution in [0, 0.1) is 0 Å². The Morgan fingerprint density at radius 3 is 2.68 bits per heavy atom. The van der Waals surface area contributed by atoms with E-state index < -0.39 is 5.97 Å². The second-order valence-electron chi connectivity index (χ2n) is 4.67. The molecule has 0 aromatic carbocycles. The molecule has 1 aromatic rings. The van der Waals surface area contributed by atoms with Crippen LogP contribution in [0.15, 0.2) is 18.3 Å². The number of aromatic carboxylic acids is 1. The van der Waals surface area contributed by atoms with Gasteiger partial charge in [-0.3, -0.25) is 4.79 Å². The van der Waals surface area contributed by atoms with Crippen LogP contribution in [0.3, 0.4) is 0 Å². The summed E-state index contributed by atoms with van der Waals surface area (Å²) in [7, 11) is 0. The van der Waals surface area contributed by atoms with Gasteiger partial charge in [0.05, 0.1) is 5.56 Å². The smallest absolute Gasteiger partial charge is 0.335 e. The van der Waals surface area contributed by atoms with E-state index in [1.807, 2.05) is 4.90 Å². The molecule has 1 fully saturated rings. The average molecular weight is 263 g/mol. The molecule has 1 amide bonds. The Balaban J connectivity index is 1.99. The molecule has 2 heterocycles. The topological polar surface area (TPSA) is 82.5 Å². The van der Waals surface area contributed by atoms with Crippen LogP contribution in [0.5, 0.6) is 0 Å². The molecule has 0 bridgehead atoms. The number of carbonyl (C=O) groups is 2. The second kappa shape index (κ2) is 5.69. The molecular weight excluding hydrogens is 246 g/mol. The molecule has 0 unspecified atom stereocenters. The lowest BCUT2D eigenvalue weighted by Gasteiger charge is -2.33. The Labute approximate surface area is 111 Å². The average Bonchev–Trinajstić information content (AvgIpc) is 2.39. The molecule has 0 spiro atoms. The minimum Gasteiger partial charge on any atom is -0.478 e. The minimum absolute atomic E-state index is 0.00977. The van der Waals surface area contributed by atoms with E-state index in [0.717, 1.165) is 25.9 Å². The maximum Gasteiger partial charge on any atom is 0.335 e. The van der Waals surface area contributed by atoms with E-state index in [-0.39, 0.29) is 17.5 Å². The maximum absolute atomic E-state index is 11.0. The Bertz CT molecular complexity index is 482. The first kappa shape index (κ1) is 13.3. The van der Waals surface area contributed by atoms with Gasteiger partial charge >= 0.3 is 5.97 Å². The van der Waals surface area contributed by atoms with Crippen molar-refractivity contribution in [2.24, 2.45) is 0 Å². The van der Waals surface area contributed by atoms with E-state index in [1.165, 1.54) is 19.2 Å². The van der Waals surface area contributed by atoms with Crippen LogP contribution in [0.4, 0.5) is 5.82 Å². The van der Waals surface area contributed by atoms with Crippen LogP contribution in [0.1, 0.15) is 30.1 Å². The Morgan fingerprint density at radius 1 is 1.42 bits per heavy atom. The number of carboxylic acid groups (broad SMARTS) is 1. The molecule has 19 heavy (non-hydrogen) atoms. The minimum atomic E-state index is -0.947. The summed E-state index contributed by atoms with van der Waals surface area (Å²) in [6.07, 6.45) is 3.20. The third-order valence-electron chi connectivity index (χ3n) is 3.22. The van der Waals surface area contributed by atoms with Gasteiger partial charge in [0.2, 0.25) is 5.91 Å². The number of piperidine rings is 1. The number of anilines is 1. The lowest BCUT2D eigenvalue weighted by molar-refractivity contribution is -0.119. The van der Waals surface area contributed by atoms with Gasteiger partial charge in [-0.05, 0) is 25.0 Å². The lowest BCUT2D eigenvalue weighted by atomic mass is 10.0. The standard InChI is InChI=1S/C13H17N3O3/c1-9(17)15-11-3-6-16(7-4-11)12-8-10(13(18)19)2-5-14-12/h2,5,8,11H,3-4,6-7H2,1H3,(H,15,17)(H,18,19). The van der Waals surface area contributed by atoms with E-state index >= 15 is 0 Å². The molecular formula is C13H17N3O3. The third-order valence-corrected chi connectivity index (χ3v) is 3.22. The van der Waals surface area contributed by atoms with Crippen molar-refractivity contribution >= 4 is 17.7 Å². The van der Waals surface area contributed by atoms with Gasteiger partial charge in [0.15, 0.2) is 0 Å². The van der Waals surface area contributed by atoms with Crippen molar-refractivity contribution in [3.05, 3.63) is 23.9 Å². The quantitative estimate of drug-likeness (QED) is 0.846. The second-order valence-corrected chi connectivity index (χ2v) is 4.67. The number of carbonyl (C=O) groups excluding carboxylic acids is 1. The number of nitrogens with zero attached hydrogens (tertiary/aromatic N) is 2. The van der Waals surface area contributed by atoms with Gasteiger partial charge in [0.1, 0.15) is 5.82 Å². The SMILES string of the molecule is CC(=O)NC1CCN(c2cc(C(=O)O)ccn2)CC1. The number of nitrogens with one attached hydrogen (secondary N) is 1. The number of hydrogen-bond acceptors (Lipinski definition) is 4. The van der Waals surface area contributed by atoms with E-state index in [4.69, 9.17) is 5.11 Å². The van der Waals surface area contributed by atoms with Crippen molar-refractivity contribution in [2.75, 3.05) is 18.0 Å². The molecule has 0 saturated carbocycles. The van der Waals surface area contributed by atoms with Crippen molar-refractivity contribution < 1.29 is 14.7 Å². The highest BCUT2D eigenvalue weighted by Gasteiger charge is 2.21. The summed E-state index contributed by atoms with van der Waals surface area (Å²) in [5.74, 6) is -0.276. The Morgan fingerprint density at radius 2 is 2.11 bits per heavy atom. The molecule has 1 saturated heterocycles. The van der Waals surface area contributed by atoms with Crippen LogP contribution in [0.2, 0.25) is 0 Å². The highest BCUT2D eigenvalue weighted by molar-refractivity contribution is 5.88. The highest BCUT2D eigenvalue weighted by atomic mass is 16.4. The Kier molecular flexibility index (Phi) is 3.99. The third kappa shape index (κ3) is 3.43. The number of rotatable bonds is 3. The summed E-state index contributed by atoms with van der Waals surface area (Å²) in [4.78, 5) is 28.1. The molecule has 102 valence electrons. The van der Waals surface area contributed by atoms with Gasteiger partial charge in [-0.25, -0.2) is 9.78 Å². The van der Waals surface area contributed by atoms with Gasteiger partial charge in [-0.15, -0.1) is 0 Å². The lowest BCUT2D eigenvalue weighted by Crippen LogP contribution is -2.44. The fourth-order valence-corrected chi connectivity index (χ4v) is 2.26. The summed E-state index contributed by atoms with van der Waals surface area (Å²) < 4.78 is 0. The van der Waals surface area contributed by atoms with Crippen LogP contribution >= 0.6 is 0 Å². The predicted octanol–water partition coefficient (Wildman–Crippen LogP) is 0.885. The normalized spacial score (nSPS) is 16.2. The van der Waals surface area contributed by atoms with E-state index in [1.54, 1.807) is 6.07 Å². The molecule has 2 N–H and O–H groups in total. The summed E-state index contributed by atoms with van der Waals surface area (Å²) in [5, 5.41) is 11.9. The number of carboxylic acids is 1. The molecule has 1 aliphatic rings. The van der Waals surface area contributed by atoms with Crippen LogP contribution in [-0.4, -0.2) is 41.1 Å². The number of hydrogen-bond donors (Lipinski definition) is 2. The zero-order chi connectivity index (χ0) is 13.8. The van der Waals surface area contributed by atoms with Crippen molar-refractivity contribution in [2.45, 2.75) is 25.8 Å². The first-order valence-electron chi connectivity index (χ1n) is 6.27. The molecule has 1 aliphatic heterocycles. The van der Waals surface area contributed by atoms with Crippen molar-refractivity contribution in [1.29, 1.82) is 0 Å². The van der Waals surface area contributed by atoms with Crippen LogP contribution in [-0.2, 0) is 4.79 Å². The largest absolute Gasteiger partial charge is 0.478 e. The molecule has 0 radical (unpaired) electrons. The van der Waals surface area contributed by atoms with Crippen LogP contribution < -0.4 is 10.2 Å². The first-order chi connectivity index (χ1) is 9.06. The molecule has 1 aromatic heterocycles. The maximum atomic E-state index is 11.0. The van der Waals surface area contributed by atoms with E-state index in [2.05, 4.69) is 10.3 Å². The van der Waals surface area contributed by atoms with Gasteiger partial charge in [-0.2, -0.15) is 0 Å². The molecule has 2 rings (SSSR count). The Hall–Kier alpha value is -2.11. The fraction of sp³-hybridized carbons (Fsp3) is 0.462. The van der Waals surface area contributed by atoms with E-state index in [0.29, 0.717) is 5.82 Å². The van der Waals surface area contributed by atoms with Gasteiger partial charge in [0, 0.05) is 32.3 Å². The van der Waals surface area contributed by atoms with Crippen molar-refractivity contribution in [3.63, 3.8) is 0 Å².